The van der Waals surface area contributed by atoms with Crippen LogP contribution in [0.5, 0.6) is 17.2 Å². The van der Waals surface area contributed by atoms with Crippen LogP contribution in [0.15, 0.2) is 41.1 Å². The Morgan fingerprint density at radius 3 is 2.47 bits per heavy atom. The van der Waals surface area contributed by atoms with Gasteiger partial charge < -0.3 is 19.1 Å². The fourth-order valence-electron chi connectivity index (χ4n) is 2.95. The average Bonchev–Trinajstić information content (AvgIpc) is 3.47. The van der Waals surface area contributed by atoms with Crippen molar-refractivity contribution in [3.8, 4) is 17.2 Å². The molecule has 1 aromatic carbocycles. The van der Waals surface area contributed by atoms with Gasteiger partial charge in [0.2, 0.25) is 5.75 Å². The molecule has 30 heavy (non-hydrogen) atoms. The van der Waals surface area contributed by atoms with Gasteiger partial charge in [0, 0.05) is 11.4 Å². The van der Waals surface area contributed by atoms with Crippen molar-refractivity contribution in [3.63, 3.8) is 0 Å². The van der Waals surface area contributed by atoms with Crippen molar-refractivity contribution >= 4 is 28.6 Å². The number of amides is 1. The van der Waals surface area contributed by atoms with Crippen molar-refractivity contribution in [3.05, 3.63) is 56.7 Å². The Bertz CT molecular complexity index is 934. The second-order valence-corrected chi connectivity index (χ2v) is 8.57. The summed E-state index contributed by atoms with van der Waals surface area (Å²) in [6, 6.07) is 9.39. The van der Waals surface area contributed by atoms with E-state index < -0.39 is 0 Å². The molecule has 0 aliphatic carbocycles. The number of thiophene rings is 1. The highest BCUT2D eigenvalue weighted by Gasteiger charge is 2.22. The standard InChI is InChI=1S/C22H26N2O4S2/c1-5-15(2)24(22(25)19-10-7-11-29-19)12-16-14-30-20(23-16)13-28-21-17(26-3)8-6-9-18(21)27-4/h6-11,14-15H,5,12-13H2,1-4H3/t15-/m0/s1. The molecular weight excluding hydrogens is 420 g/mol. The molecule has 8 heteroatoms. The van der Waals surface area contributed by atoms with E-state index in [9.17, 15) is 4.79 Å². The van der Waals surface area contributed by atoms with Gasteiger partial charge in [0.25, 0.3) is 5.91 Å². The highest BCUT2D eigenvalue weighted by molar-refractivity contribution is 7.12. The number of carbonyl (C=O) groups excluding carboxylic acids is 1. The second-order valence-electron chi connectivity index (χ2n) is 6.68. The predicted molar refractivity (Wildman–Crippen MR) is 120 cm³/mol. The molecule has 2 heterocycles. The van der Waals surface area contributed by atoms with Crippen molar-refractivity contribution in [2.75, 3.05) is 14.2 Å². The van der Waals surface area contributed by atoms with Gasteiger partial charge in [0.1, 0.15) is 11.6 Å². The van der Waals surface area contributed by atoms with Crippen LogP contribution in [0.4, 0.5) is 0 Å². The fraction of sp³-hybridized carbons (Fsp3) is 0.364. The SMILES string of the molecule is CC[C@H](C)N(Cc1csc(COc2c(OC)cccc2OC)n1)C(=O)c1cccs1. The van der Waals surface area contributed by atoms with Crippen LogP contribution in [0, 0.1) is 0 Å². The maximum Gasteiger partial charge on any atom is 0.264 e. The summed E-state index contributed by atoms with van der Waals surface area (Å²) < 4.78 is 16.7. The normalized spacial score (nSPS) is 11.7. The topological polar surface area (TPSA) is 60.9 Å². The summed E-state index contributed by atoms with van der Waals surface area (Å²) >= 11 is 2.98. The Morgan fingerprint density at radius 1 is 1.13 bits per heavy atom. The molecule has 0 spiro atoms. The number of aromatic nitrogens is 1. The number of ether oxygens (including phenoxy) is 3. The Labute approximate surface area is 185 Å². The van der Waals surface area contributed by atoms with Crippen LogP contribution in [0.2, 0.25) is 0 Å². The zero-order chi connectivity index (χ0) is 21.5. The first-order chi connectivity index (χ1) is 14.6. The minimum absolute atomic E-state index is 0.0453. The quantitative estimate of drug-likeness (QED) is 0.426. The first-order valence-corrected chi connectivity index (χ1v) is 11.4. The number of thiazole rings is 1. The molecule has 0 fully saturated rings. The van der Waals surface area contributed by atoms with Gasteiger partial charge in [-0.15, -0.1) is 22.7 Å². The van der Waals surface area contributed by atoms with Gasteiger partial charge in [-0.25, -0.2) is 4.98 Å². The zero-order valence-corrected chi connectivity index (χ0v) is 19.2. The number of hydrogen-bond donors (Lipinski definition) is 0. The van der Waals surface area contributed by atoms with E-state index in [0.717, 1.165) is 22.0 Å². The van der Waals surface area contributed by atoms with Crippen LogP contribution in [0.25, 0.3) is 0 Å². The molecule has 0 unspecified atom stereocenters. The molecule has 2 aromatic heterocycles. The van der Waals surface area contributed by atoms with Crippen LogP contribution in [-0.2, 0) is 13.2 Å². The molecule has 0 N–H and O–H groups in total. The molecular formula is C22H26N2O4S2. The number of methoxy groups -OCH3 is 2. The summed E-state index contributed by atoms with van der Waals surface area (Å²) in [4.78, 5) is 20.2. The average molecular weight is 447 g/mol. The third-order valence-corrected chi connectivity index (χ3v) is 6.50. The lowest BCUT2D eigenvalue weighted by Gasteiger charge is -2.27. The van der Waals surface area contributed by atoms with Gasteiger partial charge in [-0.2, -0.15) is 0 Å². The second kappa shape index (κ2) is 10.4. The number of rotatable bonds is 10. The third kappa shape index (κ3) is 5.12. The van der Waals surface area contributed by atoms with E-state index in [1.807, 2.05) is 46.0 Å². The number of nitrogens with zero attached hydrogens (tertiary/aromatic N) is 2. The van der Waals surface area contributed by atoms with Crippen LogP contribution >= 0.6 is 22.7 Å². The Hall–Kier alpha value is -2.58. The first kappa shape index (κ1) is 22.1. The molecule has 6 nitrogen and oxygen atoms in total. The van der Waals surface area contributed by atoms with Crippen LogP contribution in [0.3, 0.4) is 0 Å². The molecule has 0 aliphatic heterocycles. The van der Waals surface area contributed by atoms with Gasteiger partial charge in [-0.05, 0) is 36.9 Å². The van der Waals surface area contributed by atoms with Crippen molar-refractivity contribution in [2.24, 2.45) is 0 Å². The molecule has 0 saturated carbocycles. The van der Waals surface area contributed by atoms with Crippen molar-refractivity contribution in [1.29, 1.82) is 0 Å². The summed E-state index contributed by atoms with van der Waals surface area (Å²) in [6.07, 6.45) is 0.880. The van der Waals surface area contributed by atoms with Crippen molar-refractivity contribution in [1.82, 2.24) is 9.88 Å². The van der Waals surface area contributed by atoms with E-state index in [4.69, 9.17) is 14.2 Å². The smallest absolute Gasteiger partial charge is 0.264 e. The Morgan fingerprint density at radius 2 is 1.87 bits per heavy atom. The highest BCUT2D eigenvalue weighted by Crippen LogP contribution is 2.37. The van der Waals surface area contributed by atoms with Crippen molar-refractivity contribution < 1.29 is 19.0 Å². The van der Waals surface area contributed by atoms with Gasteiger partial charge in [-0.3, -0.25) is 4.79 Å². The van der Waals surface area contributed by atoms with E-state index in [1.54, 1.807) is 14.2 Å². The molecule has 0 saturated heterocycles. The van der Waals surface area contributed by atoms with Crippen LogP contribution in [0.1, 0.15) is 40.6 Å². The fourth-order valence-corrected chi connectivity index (χ4v) is 4.32. The largest absolute Gasteiger partial charge is 0.493 e. The maximum absolute atomic E-state index is 12.9. The minimum atomic E-state index is 0.0453. The Balaban J connectivity index is 1.70. The molecule has 1 atom stereocenters. The number of hydrogen-bond acceptors (Lipinski definition) is 7. The summed E-state index contributed by atoms with van der Waals surface area (Å²) in [5.74, 6) is 1.81. The van der Waals surface area contributed by atoms with Crippen LogP contribution in [-0.4, -0.2) is 36.1 Å². The van der Waals surface area contributed by atoms with Gasteiger partial charge in [0.15, 0.2) is 11.5 Å². The summed E-state index contributed by atoms with van der Waals surface area (Å²) in [5.41, 5.74) is 0.857. The van der Waals surface area contributed by atoms with E-state index in [-0.39, 0.29) is 11.9 Å². The molecule has 3 rings (SSSR count). The lowest BCUT2D eigenvalue weighted by atomic mass is 10.2. The van der Waals surface area contributed by atoms with Gasteiger partial charge >= 0.3 is 0 Å². The molecule has 1 amide bonds. The lowest BCUT2D eigenvalue weighted by Crippen LogP contribution is -2.37. The van der Waals surface area contributed by atoms with E-state index in [2.05, 4.69) is 18.8 Å². The summed E-state index contributed by atoms with van der Waals surface area (Å²) in [6.45, 7) is 4.92. The lowest BCUT2D eigenvalue weighted by molar-refractivity contribution is 0.0674. The van der Waals surface area contributed by atoms with Crippen molar-refractivity contribution in [2.45, 2.75) is 39.5 Å². The monoisotopic (exact) mass is 446 g/mol. The molecule has 3 aromatic rings. The van der Waals surface area contributed by atoms with E-state index >= 15 is 0 Å². The first-order valence-electron chi connectivity index (χ1n) is 9.68. The van der Waals surface area contributed by atoms with E-state index in [1.165, 1.54) is 22.7 Å². The predicted octanol–water partition coefficient (Wildman–Crippen LogP) is 5.24. The maximum atomic E-state index is 12.9. The van der Waals surface area contributed by atoms with E-state index in [0.29, 0.717) is 30.4 Å². The molecule has 160 valence electrons. The summed E-state index contributed by atoms with van der Waals surface area (Å²) in [5, 5.41) is 4.73. The third-order valence-electron chi connectivity index (χ3n) is 4.77. The number of para-hydroxylation sites is 1. The van der Waals surface area contributed by atoms with Gasteiger partial charge in [0.05, 0.1) is 31.3 Å². The summed E-state index contributed by atoms with van der Waals surface area (Å²) in [7, 11) is 3.19. The molecule has 0 bridgehead atoms. The molecule has 0 aliphatic rings. The van der Waals surface area contributed by atoms with Crippen LogP contribution < -0.4 is 14.2 Å². The zero-order valence-electron chi connectivity index (χ0n) is 17.6. The highest BCUT2D eigenvalue weighted by atomic mass is 32.1. The Kier molecular flexibility index (Phi) is 7.70. The number of carbonyl (C=O) groups is 1. The minimum Gasteiger partial charge on any atom is -0.493 e. The molecule has 0 radical (unpaired) electrons. The number of benzene rings is 1. The van der Waals surface area contributed by atoms with Gasteiger partial charge in [-0.1, -0.05) is 19.1 Å².